The van der Waals surface area contributed by atoms with Crippen molar-refractivity contribution in [2.24, 2.45) is 0 Å². The van der Waals surface area contributed by atoms with Crippen molar-refractivity contribution in [3.8, 4) is 11.5 Å². The van der Waals surface area contributed by atoms with Gasteiger partial charge in [0.1, 0.15) is 5.82 Å². The summed E-state index contributed by atoms with van der Waals surface area (Å²) >= 11 is 10.0. The highest BCUT2D eigenvalue weighted by Crippen LogP contribution is 2.38. The molecule has 3 rings (SSSR count). The van der Waals surface area contributed by atoms with Crippen LogP contribution in [0.25, 0.3) is 6.08 Å². The molecule has 2 aromatic rings. The Morgan fingerprint density at radius 1 is 1.37 bits per heavy atom. The molecule has 5 nitrogen and oxygen atoms in total. The molecule has 1 aliphatic heterocycles. The molecule has 0 radical (unpaired) electrons. The van der Waals surface area contributed by atoms with Crippen molar-refractivity contribution in [3.63, 3.8) is 0 Å². The number of aromatic hydroxyl groups is 1. The lowest BCUT2D eigenvalue weighted by atomic mass is 10.1. The fourth-order valence-electron chi connectivity index (χ4n) is 2.45. The van der Waals surface area contributed by atoms with E-state index in [0.717, 1.165) is 16.7 Å². The Hall–Kier alpha value is -2.03. The third-order valence-corrected chi connectivity index (χ3v) is 5.78. The number of rotatable bonds is 4. The number of phenolic OH excluding ortho intramolecular Hbond substituents is 1. The maximum Gasteiger partial charge on any atom is 0.293 e. The molecule has 1 N–H and O–H groups in total. The Kier molecular flexibility index (Phi) is 5.78. The molecular weight excluding hydrogens is 461 g/mol. The summed E-state index contributed by atoms with van der Waals surface area (Å²) in [4.78, 5) is 26.0. The molecule has 0 atom stereocenters. The Morgan fingerprint density at radius 3 is 2.78 bits per heavy atom. The van der Waals surface area contributed by atoms with Gasteiger partial charge in [-0.2, -0.15) is 0 Å². The highest BCUT2D eigenvalue weighted by Gasteiger charge is 2.36. The molecule has 1 heterocycles. The van der Waals surface area contributed by atoms with Crippen LogP contribution in [0, 0.1) is 5.82 Å². The number of carbonyl (C=O) groups is 2. The van der Waals surface area contributed by atoms with Crippen LogP contribution < -0.4 is 4.74 Å². The molecule has 0 spiro atoms. The normalized spacial score (nSPS) is 15.7. The fraction of sp³-hybridized carbons (Fsp3) is 0.111. The van der Waals surface area contributed by atoms with Crippen molar-refractivity contribution >= 4 is 56.5 Å². The summed E-state index contributed by atoms with van der Waals surface area (Å²) in [6.45, 7) is -0.256. The van der Waals surface area contributed by atoms with E-state index in [0.29, 0.717) is 10.0 Å². The molecule has 27 heavy (non-hydrogen) atoms. The minimum absolute atomic E-state index is 0.0659. The van der Waals surface area contributed by atoms with Crippen molar-refractivity contribution in [1.29, 1.82) is 0 Å². The average Bonchev–Trinajstić information content (AvgIpc) is 2.87. The number of thioether (sulfide) groups is 1. The Labute approximate surface area is 171 Å². The molecular formula is C18H12BrClFNO4S. The van der Waals surface area contributed by atoms with Gasteiger partial charge in [-0.3, -0.25) is 14.5 Å². The predicted octanol–water partition coefficient (Wildman–Crippen LogP) is 5.19. The lowest BCUT2D eigenvalue weighted by Gasteiger charge is -2.14. The zero-order chi connectivity index (χ0) is 19.7. The number of amides is 2. The van der Waals surface area contributed by atoms with Crippen molar-refractivity contribution in [2.75, 3.05) is 7.11 Å². The number of nitrogens with zero attached hydrogens (tertiary/aromatic N) is 1. The Bertz CT molecular complexity index is 962. The molecule has 0 aromatic heterocycles. The monoisotopic (exact) mass is 471 g/mol. The lowest BCUT2D eigenvalue weighted by molar-refractivity contribution is -0.123. The second-order valence-corrected chi connectivity index (χ2v) is 7.77. The SMILES string of the molecule is COc1cc(/C=C2/SC(=O)N(Cc3c(F)cccc3Cl)C2=O)c(Br)cc1O. The van der Waals surface area contributed by atoms with Crippen molar-refractivity contribution in [3.05, 3.63) is 61.7 Å². The molecule has 1 saturated heterocycles. The van der Waals surface area contributed by atoms with Gasteiger partial charge in [0.25, 0.3) is 11.1 Å². The molecule has 1 aliphatic rings. The molecule has 0 bridgehead atoms. The molecule has 0 saturated carbocycles. The molecule has 2 amide bonds. The van der Waals surface area contributed by atoms with E-state index in [1.807, 2.05) is 0 Å². The first-order valence-corrected chi connectivity index (χ1v) is 9.55. The van der Waals surface area contributed by atoms with Crippen LogP contribution in [0.1, 0.15) is 11.1 Å². The zero-order valence-corrected chi connectivity index (χ0v) is 17.0. The molecule has 0 aliphatic carbocycles. The average molecular weight is 473 g/mol. The molecule has 0 unspecified atom stereocenters. The minimum Gasteiger partial charge on any atom is -0.504 e. The molecule has 9 heteroatoms. The third kappa shape index (κ3) is 3.97. The van der Waals surface area contributed by atoms with Gasteiger partial charge in [0.05, 0.1) is 18.6 Å². The van der Waals surface area contributed by atoms with E-state index < -0.39 is 17.0 Å². The molecule has 140 valence electrons. The van der Waals surface area contributed by atoms with Crippen LogP contribution in [0.2, 0.25) is 5.02 Å². The number of phenols is 1. The van der Waals surface area contributed by atoms with Gasteiger partial charge in [0.2, 0.25) is 0 Å². The highest BCUT2D eigenvalue weighted by molar-refractivity contribution is 9.10. The number of benzene rings is 2. The number of ether oxygens (including phenoxy) is 1. The Morgan fingerprint density at radius 2 is 2.11 bits per heavy atom. The van der Waals surface area contributed by atoms with Crippen LogP contribution in [0.4, 0.5) is 9.18 Å². The standard InChI is InChI=1S/C18H12BrClFNO4S/c1-26-15-5-9(11(19)7-14(15)23)6-16-17(24)22(18(25)27-16)8-10-12(20)3-2-4-13(10)21/h2-7,23H,8H2,1H3/b16-6+. The summed E-state index contributed by atoms with van der Waals surface area (Å²) in [7, 11) is 1.40. The van der Waals surface area contributed by atoms with E-state index in [-0.39, 0.29) is 33.5 Å². The van der Waals surface area contributed by atoms with Crippen LogP contribution in [-0.2, 0) is 11.3 Å². The molecule has 2 aromatic carbocycles. The number of imide groups is 1. The Balaban J connectivity index is 1.91. The maximum atomic E-state index is 14.0. The number of methoxy groups -OCH3 is 1. The van der Waals surface area contributed by atoms with E-state index in [4.69, 9.17) is 16.3 Å². The van der Waals surface area contributed by atoms with Crippen molar-refractivity contribution in [2.45, 2.75) is 6.54 Å². The van der Waals surface area contributed by atoms with E-state index in [2.05, 4.69) is 15.9 Å². The third-order valence-electron chi connectivity index (χ3n) is 3.84. The largest absolute Gasteiger partial charge is 0.504 e. The number of carbonyl (C=O) groups excluding carboxylic acids is 2. The summed E-state index contributed by atoms with van der Waals surface area (Å²) in [6.07, 6.45) is 1.50. The van der Waals surface area contributed by atoms with E-state index in [9.17, 15) is 19.1 Å². The van der Waals surface area contributed by atoms with E-state index in [1.54, 1.807) is 0 Å². The van der Waals surface area contributed by atoms with Crippen molar-refractivity contribution in [1.82, 2.24) is 4.90 Å². The second-order valence-electron chi connectivity index (χ2n) is 5.51. The van der Waals surface area contributed by atoms with Gasteiger partial charge in [-0.05, 0) is 47.7 Å². The fourth-order valence-corrected chi connectivity index (χ4v) is 3.95. The van der Waals surface area contributed by atoms with E-state index >= 15 is 0 Å². The van der Waals surface area contributed by atoms with Crippen LogP contribution in [-0.4, -0.2) is 28.3 Å². The summed E-state index contributed by atoms with van der Waals surface area (Å²) in [6, 6.07) is 7.12. The number of hydrogen-bond donors (Lipinski definition) is 1. The van der Waals surface area contributed by atoms with Crippen LogP contribution >= 0.6 is 39.3 Å². The van der Waals surface area contributed by atoms with Gasteiger partial charge in [0.15, 0.2) is 11.5 Å². The summed E-state index contributed by atoms with van der Waals surface area (Å²) in [5, 5.41) is 9.39. The van der Waals surface area contributed by atoms with Gasteiger partial charge in [0, 0.05) is 15.1 Å². The summed E-state index contributed by atoms with van der Waals surface area (Å²) < 4.78 is 19.5. The van der Waals surface area contributed by atoms with Crippen LogP contribution in [0.5, 0.6) is 11.5 Å². The van der Waals surface area contributed by atoms with Crippen LogP contribution in [0.3, 0.4) is 0 Å². The minimum atomic E-state index is -0.587. The van der Waals surface area contributed by atoms with Crippen molar-refractivity contribution < 1.29 is 23.8 Å². The first kappa shape index (κ1) is 19.7. The first-order chi connectivity index (χ1) is 12.8. The first-order valence-electron chi connectivity index (χ1n) is 7.56. The van der Waals surface area contributed by atoms with Crippen LogP contribution in [0.15, 0.2) is 39.7 Å². The predicted molar refractivity (Wildman–Crippen MR) is 105 cm³/mol. The number of hydrogen-bond acceptors (Lipinski definition) is 5. The summed E-state index contributed by atoms with van der Waals surface area (Å²) in [5.41, 5.74) is 0.620. The smallest absolute Gasteiger partial charge is 0.293 e. The number of halogens is 3. The lowest BCUT2D eigenvalue weighted by Crippen LogP contribution is -2.28. The van der Waals surface area contributed by atoms with Gasteiger partial charge >= 0.3 is 0 Å². The van der Waals surface area contributed by atoms with Gasteiger partial charge in [-0.1, -0.05) is 33.6 Å². The topological polar surface area (TPSA) is 66.8 Å². The van der Waals surface area contributed by atoms with Gasteiger partial charge in [-0.25, -0.2) is 4.39 Å². The zero-order valence-electron chi connectivity index (χ0n) is 13.8. The van der Waals surface area contributed by atoms with Gasteiger partial charge < -0.3 is 9.84 Å². The van der Waals surface area contributed by atoms with E-state index in [1.165, 1.54) is 43.5 Å². The molecule has 1 fully saturated rings. The highest BCUT2D eigenvalue weighted by atomic mass is 79.9. The second kappa shape index (κ2) is 7.92. The summed E-state index contributed by atoms with van der Waals surface area (Å²) in [5.74, 6) is -0.981. The van der Waals surface area contributed by atoms with Gasteiger partial charge in [-0.15, -0.1) is 0 Å². The maximum absolute atomic E-state index is 14.0. The quantitative estimate of drug-likeness (QED) is 0.620.